The molecule has 4 nitrogen and oxygen atoms in total. The van der Waals surface area contributed by atoms with Gasteiger partial charge in [0, 0.05) is 24.3 Å². The Labute approximate surface area is 160 Å². The second kappa shape index (κ2) is 6.90. The average Bonchev–Trinajstić information content (AvgIpc) is 3.42. The number of piperidine rings is 3. The van der Waals surface area contributed by atoms with Crippen LogP contribution < -0.4 is 4.74 Å². The van der Waals surface area contributed by atoms with Gasteiger partial charge in [-0.15, -0.1) is 5.10 Å². The predicted octanol–water partition coefficient (Wildman–Crippen LogP) is 4.33. The first-order chi connectivity index (χ1) is 12.7. The van der Waals surface area contributed by atoms with Crippen LogP contribution in [0, 0.1) is 17.8 Å². The van der Waals surface area contributed by atoms with Crippen LogP contribution in [-0.2, 0) is 6.54 Å². The second-order valence-corrected chi connectivity index (χ2v) is 8.67. The zero-order chi connectivity index (χ0) is 17.5. The van der Waals surface area contributed by atoms with Crippen molar-refractivity contribution in [1.29, 1.82) is 0 Å². The summed E-state index contributed by atoms with van der Waals surface area (Å²) >= 11 is 6.06. The Morgan fingerprint density at radius 3 is 2.50 bits per heavy atom. The molecular formula is C21H26ClN3O. The van der Waals surface area contributed by atoms with Crippen molar-refractivity contribution < 1.29 is 4.74 Å². The van der Waals surface area contributed by atoms with E-state index < -0.39 is 0 Å². The summed E-state index contributed by atoms with van der Waals surface area (Å²) in [6, 6.07) is 7.99. The number of nitrogens with zero attached hydrogens (tertiary/aromatic N) is 3. The van der Waals surface area contributed by atoms with Gasteiger partial charge >= 0.3 is 0 Å². The van der Waals surface area contributed by atoms with E-state index in [9.17, 15) is 0 Å². The van der Waals surface area contributed by atoms with Crippen molar-refractivity contribution in [1.82, 2.24) is 14.7 Å². The average molecular weight is 372 g/mol. The summed E-state index contributed by atoms with van der Waals surface area (Å²) in [7, 11) is 0. The smallest absolute Gasteiger partial charge is 0.240 e. The number of rotatable bonds is 6. The van der Waals surface area contributed by atoms with Crippen LogP contribution in [0.1, 0.15) is 25.7 Å². The number of ether oxygens (including phenoxy) is 1. The van der Waals surface area contributed by atoms with Gasteiger partial charge < -0.3 is 9.64 Å². The minimum atomic E-state index is 0.715. The molecule has 0 spiro atoms. The maximum Gasteiger partial charge on any atom is 0.240 e. The largest absolute Gasteiger partial charge is 0.476 e. The van der Waals surface area contributed by atoms with Crippen molar-refractivity contribution in [2.75, 3.05) is 26.2 Å². The second-order valence-electron chi connectivity index (χ2n) is 8.23. The molecule has 5 heteroatoms. The Bertz CT molecular complexity index is 760. The molecule has 138 valence electrons. The van der Waals surface area contributed by atoms with E-state index in [1.165, 1.54) is 45.3 Å². The molecule has 1 saturated carbocycles. The zero-order valence-corrected chi connectivity index (χ0v) is 15.9. The number of benzene rings is 1. The van der Waals surface area contributed by atoms with E-state index in [0.717, 1.165) is 47.0 Å². The number of aromatic nitrogens is 2. The quantitative estimate of drug-likeness (QED) is 0.756. The molecule has 1 aliphatic carbocycles. The van der Waals surface area contributed by atoms with Crippen LogP contribution >= 0.6 is 11.6 Å². The van der Waals surface area contributed by atoms with Crippen LogP contribution in [0.3, 0.4) is 0 Å². The van der Waals surface area contributed by atoms with Crippen LogP contribution in [0.4, 0.5) is 0 Å². The monoisotopic (exact) mass is 371 g/mol. The molecule has 3 aliphatic heterocycles. The van der Waals surface area contributed by atoms with Gasteiger partial charge in [0.25, 0.3) is 0 Å². The summed E-state index contributed by atoms with van der Waals surface area (Å²) in [5, 5.41) is 5.59. The van der Waals surface area contributed by atoms with Crippen LogP contribution in [-0.4, -0.2) is 40.9 Å². The maximum atomic E-state index is 6.10. The summed E-state index contributed by atoms with van der Waals surface area (Å²) < 4.78 is 8.23. The number of hydrogen-bond acceptors (Lipinski definition) is 3. The Balaban J connectivity index is 1.38. The van der Waals surface area contributed by atoms with Gasteiger partial charge in [-0.25, -0.2) is 0 Å². The third-order valence-electron chi connectivity index (χ3n) is 6.25. The summed E-state index contributed by atoms with van der Waals surface area (Å²) in [5.74, 6) is 3.08. The zero-order valence-electron chi connectivity index (χ0n) is 15.1. The first-order valence-electron chi connectivity index (χ1n) is 9.93. The molecule has 4 heterocycles. The van der Waals surface area contributed by atoms with Crippen LogP contribution in [0.2, 0.25) is 5.02 Å². The lowest BCUT2D eigenvalue weighted by atomic mass is 9.79. The molecule has 1 unspecified atom stereocenters. The topological polar surface area (TPSA) is 30.3 Å². The fraction of sp³-hybridized carbons (Fsp3) is 0.571. The minimum Gasteiger partial charge on any atom is -0.476 e. The molecule has 0 amide bonds. The van der Waals surface area contributed by atoms with E-state index in [-0.39, 0.29) is 0 Å². The highest BCUT2D eigenvalue weighted by Crippen LogP contribution is 2.36. The first kappa shape index (κ1) is 16.6. The number of hydrogen-bond donors (Lipinski definition) is 0. The number of fused-ring (bicyclic) bond motifs is 3. The molecule has 0 N–H and O–H groups in total. The van der Waals surface area contributed by atoms with E-state index in [0.29, 0.717) is 5.92 Å². The summed E-state index contributed by atoms with van der Waals surface area (Å²) in [5.41, 5.74) is 2.21. The molecule has 3 saturated heterocycles. The van der Waals surface area contributed by atoms with Gasteiger partial charge in [0.05, 0.1) is 12.2 Å². The fourth-order valence-electron chi connectivity index (χ4n) is 4.45. The molecule has 2 aromatic rings. The van der Waals surface area contributed by atoms with Crippen molar-refractivity contribution in [3.63, 3.8) is 0 Å². The lowest BCUT2D eigenvalue weighted by Gasteiger charge is -2.44. The first-order valence-corrected chi connectivity index (χ1v) is 10.3. The van der Waals surface area contributed by atoms with Gasteiger partial charge in [-0.3, -0.25) is 4.68 Å². The molecule has 1 atom stereocenters. The van der Waals surface area contributed by atoms with Gasteiger partial charge in [0.15, 0.2) is 0 Å². The van der Waals surface area contributed by atoms with Crippen LogP contribution in [0.25, 0.3) is 11.1 Å². The van der Waals surface area contributed by atoms with Gasteiger partial charge in [-0.2, -0.15) is 0 Å². The Hall–Kier alpha value is -1.52. The van der Waals surface area contributed by atoms with Crippen LogP contribution in [0.15, 0.2) is 30.5 Å². The third kappa shape index (κ3) is 3.49. The van der Waals surface area contributed by atoms with E-state index >= 15 is 0 Å². The molecule has 1 aromatic carbocycles. The maximum absolute atomic E-state index is 6.10. The van der Waals surface area contributed by atoms with Crippen molar-refractivity contribution in [3.8, 4) is 17.0 Å². The summed E-state index contributed by atoms with van der Waals surface area (Å²) in [6.07, 6.45) is 7.44. The van der Waals surface area contributed by atoms with Gasteiger partial charge in [-0.1, -0.05) is 23.7 Å². The molecule has 2 bridgehead atoms. The molecule has 4 aliphatic rings. The summed E-state index contributed by atoms with van der Waals surface area (Å²) in [4.78, 5) is 2.61. The van der Waals surface area contributed by atoms with Gasteiger partial charge in [-0.05, 0) is 74.2 Å². The van der Waals surface area contributed by atoms with E-state index in [1.807, 2.05) is 12.1 Å². The standard InChI is InChI=1S/C21H26ClN3O/c22-19-5-3-17(4-6-19)20-13-25(23-21(20)26-14-15-1-2-15)12-18-11-24-9-7-16(18)8-10-24/h3-6,13,15-16,18H,1-2,7-12,14H2. The molecule has 0 radical (unpaired) electrons. The van der Waals surface area contributed by atoms with Crippen molar-refractivity contribution >= 4 is 11.6 Å². The Kier molecular flexibility index (Phi) is 4.41. The lowest BCUT2D eigenvalue weighted by molar-refractivity contribution is 0.0403. The summed E-state index contributed by atoms with van der Waals surface area (Å²) in [6.45, 7) is 5.57. The lowest BCUT2D eigenvalue weighted by Crippen LogP contribution is -2.48. The molecule has 26 heavy (non-hydrogen) atoms. The predicted molar refractivity (Wildman–Crippen MR) is 104 cm³/mol. The molecular weight excluding hydrogens is 346 g/mol. The van der Waals surface area contributed by atoms with Crippen molar-refractivity contribution in [2.24, 2.45) is 17.8 Å². The van der Waals surface area contributed by atoms with E-state index in [2.05, 4.69) is 27.9 Å². The Morgan fingerprint density at radius 2 is 1.85 bits per heavy atom. The SMILES string of the molecule is Clc1ccc(-c2cn(CC3CN4CCC3CC4)nc2OCC2CC2)cc1. The highest BCUT2D eigenvalue weighted by Gasteiger charge is 2.34. The molecule has 4 fully saturated rings. The van der Waals surface area contributed by atoms with Crippen LogP contribution in [0.5, 0.6) is 5.88 Å². The van der Waals surface area contributed by atoms with Crippen molar-refractivity contribution in [3.05, 3.63) is 35.5 Å². The normalized spacial score (nSPS) is 27.7. The third-order valence-corrected chi connectivity index (χ3v) is 6.50. The highest BCUT2D eigenvalue weighted by atomic mass is 35.5. The van der Waals surface area contributed by atoms with Gasteiger partial charge in [0.2, 0.25) is 5.88 Å². The fourth-order valence-corrected chi connectivity index (χ4v) is 4.57. The number of halogens is 1. The highest BCUT2D eigenvalue weighted by molar-refractivity contribution is 6.30. The minimum absolute atomic E-state index is 0.715. The molecule has 6 rings (SSSR count). The molecule has 1 aromatic heterocycles. The van der Waals surface area contributed by atoms with Crippen molar-refractivity contribution in [2.45, 2.75) is 32.2 Å². The van der Waals surface area contributed by atoms with Gasteiger partial charge in [0.1, 0.15) is 0 Å². The van der Waals surface area contributed by atoms with E-state index in [1.54, 1.807) is 0 Å². The van der Waals surface area contributed by atoms with E-state index in [4.69, 9.17) is 21.4 Å². The Morgan fingerprint density at radius 1 is 1.08 bits per heavy atom.